The summed E-state index contributed by atoms with van der Waals surface area (Å²) in [5, 5.41) is 7.73. The maximum atomic E-state index is 12.1. The Hall–Kier alpha value is -1.17. The number of nitrogens with zero attached hydrogens (tertiary/aromatic N) is 2. The summed E-state index contributed by atoms with van der Waals surface area (Å²) in [7, 11) is 0.603. The number of amides is 1. The third-order valence-corrected chi connectivity index (χ3v) is 4.42. The quantitative estimate of drug-likeness (QED) is 0.786. The molecular formula is C10H15N3O2S. The second-order valence-electron chi connectivity index (χ2n) is 4.01. The lowest BCUT2D eigenvalue weighted by Gasteiger charge is -2.05. The Morgan fingerprint density at radius 1 is 1.62 bits per heavy atom. The summed E-state index contributed by atoms with van der Waals surface area (Å²) in [6.45, 7) is 3.75. The first kappa shape index (κ1) is 11.3. The highest BCUT2D eigenvalue weighted by molar-refractivity contribution is 7.85. The summed E-state index contributed by atoms with van der Waals surface area (Å²) in [6.07, 6.45) is 0.717. The summed E-state index contributed by atoms with van der Waals surface area (Å²) in [5.74, 6) is 0.0642. The zero-order valence-corrected chi connectivity index (χ0v) is 10.4. The van der Waals surface area contributed by atoms with E-state index in [2.05, 4.69) is 10.4 Å². The Labute approximate surface area is 96.7 Å². The fourth-order valence-electron chi connectivity index (χ4n) is 1.82. The van der Waals surface area contributed by atoms with Gasteiger partial charge in [-0.1, -0.05) is 13.8 Å². The molecule has 1 amide bonds. The number of carbonyl (C=O) groups is 1. The summed E-state index contributed by atoms with van der Waals surface area (Å²) < 4.78 is 13.7. The van der Waals surface area contributed by atoms with Gasteiger partial charge in [0.2, 0.25) is 5.91 Å². The summed E-state index contributed by atoms with van der Waals surface area (Å²) >= 11 is 0. The standard InChI is InChI=1S/C10H15N3O2S/c1-4-7-8-10(13(3)12-7)16(15)5-6(2)9(14)11-8/h6H,4-5H2,1-3H3,(H,11,14). The van der Waals surface area contributed by atoms with Gasteiger partial charge in [-0.3, -0.25) is 13.7 Å². The van der Waals surface area contributed by atoms with Gasteiger partial charge in [-0.15, -0.1) is 0 Å². The van der Waals surface area contributed by atoms with Crippen LogP contribution in [0.15, 0.2) is 5.03 Å². The summed E-state index contributed by atoms with van der Waals surface area (Å²) in [5.41, 5.74) is 1.45. The van der Waals surface area contributed by atoms with E-state index in [1.807, 2.05) is 6.92 Å². The first-order valence-electron chi connectivity index (χ1n) is 5.29. The minimum atomic E-state index is -1.16. The van der Waals surface area contributed by atoms with Crippen molar-refractivity contribution in [3.05, 3.63) is 5.69 Å². The van der Waals surface area contributed by atoms with Crippen LogP contribution >= 0.6 is 0 Å². The highest BCUT2D eigenvalue weighted by atomic mass is 32.2. The molecule has 88 valence electrons. The SMILES string of the molecule is CCc1nn(C)c2c1NC(=O)C(C)CS2=O. The summed E-state index contributed by atoms with van der Waals surface area (Å²) in [6, 6.07) is 0. The zero-order valence-electron chi connectivity index (χ0n) is 9.61. The van der Waals surface area contributed by atoms with Crippen LogP contribution in [0.4, 0.5) is 5.69 Å². The molecule has 0 saturated carbocycles. The fourth-order valence-corrected chi connectivity index (χ4v) is 3.32. The molecule has 0 aliphatic carbocycles. The van der Waals surface area contributed by atoms with E-state index in [1.54, 1.807) is 18.7 Å². The third-order valence-electron chi connectivity index (χ3n) is 2.71. The predicted molar refractivity (Wildman–Crippen MR) is 61.7 cm³/mol. The number of hydrogen-bond donors (Lipinski definition) is 1. The first-order valence-corrected chi connectivity index (χ1v) is 6.61. The Kier molecular flexibility index (Phi) is 2.84. The Morgan fingerprint density at radius 3 is 2.94 bits per heavy atom. The van der Waals surface area contributed by atoms with Gasteiger partial charge in [-0.25, -0.2) is 0 Å². The molecule has 0 radical (unpaired) electrons. The molecule has 1 N–H and O–H groups in total. The van der Waals surface area contributed by atoms with Gasteiger partial charge in [-0.2, -0.15) is 5.10 Å². The molecule has 2 atom stereocenters. The van der Waals surface area contributed by atoms with Gasteiger partial charge in [0.05, 0.1) is 22.2 Å². The van der Waals surface area contributed by atoms with Crippen molar-refractivity contribution in [2.75, 3.05) is 11.1 Å². The largest absolute Gasteiger partial charge is 0.322 e. The van der Waals surface area contributed by atoms with Gasteiger partial charge in [0, 0.05) is 18.7 Å². The zero-order chi connectivity index (χ0) is 11.9. The number of fused-ring (bicyclic) bond motifs is 1. The minimum Gasteiger partial charge on any atom is -0.322 e. The molecule has 1 aromatic heterocycles. The van der Waals surface area contributed by atoms with E-state index in [0.717, 1.165) is 12.1 Å². The Balaban J connectivity index is 2.56. The average molecular weight is 241 g/mol. The predicted octanol–water partition coefficient (Wildman–Crippen LogP) is 0.678. The van der Waals surface area contributed by atoms with Gasteiger partial charge in [0.15, 0.2) is 0 Å². The van der Waals surface area contributed by atoms with E-state index in [1.165, 1.54) is 0 Å². The van der Waals surface area contributed by atoms with Gasteiger partial charge >= 0.3 is 0 Å². The second kappa shape index (κ2) is 4.01. The number of carbonyl (C=O) groups excluding carboxylic acids is 1. The molecule has 16 heavy (non-hydrogen) atoms. The number of aryl methyl sites for hydroxylation is 2. The van der Waals surface area contributed by atoms with Crippen LogP contribution in [0.2, 0.25) is 0 Å². The molecule has 5 nitrogen and oxygen atoms in total. The molecule has 0 spiro atoms. The smallest absolute Gasteiger partial charge is 0.228 e. The van der Waals surface area contributed by atoms with E-state index in [0.29, 0.717) is 16.5 Å². The molecule has 1 aromatic rings. The van der Waals surface area contributed by atoms with E-state index in [9.17, 15) is 9.00 Å². The van der Waals surface area contributed by atoms with Crippen molar-refractivity contribution in [1.82, 2.24) is 9.78 Å². The van der Waals surface area contributed by atoms with Crippen molar-refractivity contribution < 1.29 is 9.00 Å². The van der Waals surface area contributed by atoms with Gasteiger partial charge in [0.25, 0.3) is 0 Å². The van der Waals surface area contributed by atoms with Gasteiger partial charge < -0.3 is 5.32 Å². The molecule has 0 saturated heterocycles. The lowest BCUT2D eigenvalue weighted by Crippen LogP contribution is -2.22. The van der Waals surface area contributed by atoms with Crippen LogP contribution < -0.4 is 5.32 Å². The molecule has 2 rings (SSSR count). The monoisotopic (exact) mass is 241 g/mol. The average Bonchev–Trinajstić information content (AvgIpc) is 2.48. The van der Waals surface area contributed by atoms with E-state index >= 15 is 0 Å². The maximum absolute atomic E-state index is 12.1. The highest BCUT2D eigenvalue weighted by Crippen LogP contribution is 2.28. The second-order valence-corrected chi connectivity index (χ2v) is 5.42. The molecule has 6 heteroatoms. The minimum absolute atomic E-state index is 0.0743. The van der Waals surface area contributed by atoms with Crippen molar-refractivity contribution in [2.45, 2.75) is 25.3 Å². The van der Waals surface area contributed by atoms with Crippen molar-refractivity contribution in [2.24, 2.45) is 13.0 Å². The van der Waals surface area contributed by atoms with Crippen LogP contribution in [0, 0.1) is 5.92 Å². The summed E-state index contributed by atoms with van der Waals surface area (Å²) in [4.78, 5) is 11.7. The van der Waals surface area contributed by atoms with Crippen LogP contribution in [-0.4, -0.2) is 25.6 Å². The van der Waals surface area contributed by atoms with Crippen molar-refractivity contribution >= 4 is 22.4 Å². The maximum Gasteiger partial charge on any atom is 0.228 e. The Morgan fingerprint density at radius 2 is 2.31 bits per heavy atom. The van der Waals surface area contributed by atoms with Crippen molar-refractivity contribution in [1.29, 1.82) is 0 Å². The molecule has 2 unspecified atom stereocenters. The normalized spacial score (nSPS) is 24.8. The van der Waals surface area contributed by atoms with Crippen LogP contribution in [0.5, 0.6) is 0 Å². The molecule has 2 heterocycles. The van der Waals surface area contributed by atoms with Crippen LogP contribution in [0.3, 0.4) is 0 Å². The molecule has 1 aliphatic rings. The number of anilines is 1. The third kappa shape index (κ3) is 1.67. The highest BCUT2D eigenvalue weighted by Gasteiger charge is 2.29. The lowest BCUT2D eigenvalue weighted by atomic mass is 10.2. The fraction of sp³-hybridized carbons (Fsp3) is 0.600. The van der Waals surface area contributed by atoms with Gasteiger partial charge in [0.1, 0.15) is 5.03 Å². The molecule has 0 aromatic carbocycles. The van der Waals surface area contributed by atoms with Crippen LogP contribution in [-0.2, 0) is 29.1 Å². The van der Waals surface area contributed by atoms with Crippen LogP contribution in [0.25, 0.3) is 0 Å². The molecule has 0 fully saturated rings. The van der Waals surface area contributed by atoms with Crippen LogP contribution in [0.1, 0.15) is 19.5 Å². The molecule has 1 aliphatic heterocycles. The Bertz CT molecular complexity index is 467. The van der Waals surface area contributed by atoms with Crippen molar-refractivity contribution in [3.63, 3.8) is 0 Å². The number of hydrogen-bond acceptors (Lipinski definition) is 3. The van der Waals surface area contributed by atoms with Gasteiger partial charge in [-0.05, 0) is 6.42 Å². The number of nitrogens with one attached hydrogen (secondary N) is 1. The molecule has 0 bridgehead atoms. The van der Waals surface area contributed by atoms with Crippen molar-refractivity contribution in [3.8, 4) is 0 Å². The number of rotatable bonds is 1. The first-order chi connectivity index (χ1) is 7.54. The lowest BCUT2D eigenvalue weighted by molar-refractivity contribution is -0.118. The molecular weight excluding hydrogens is 226 g/mol. The van der Waals surface area contributed by atoms with E-state index < -0.39 is 10.8 Å². The number of aromatic nitrogens is 2. The topological polar surface area (TPSA) is 64.0 Å². The van der Waals surface area contributed by atoms with E-state index in [4.69, 9.17) is 0 Å². The van der Waals surface area contributed by atoms with E-state index in [-0.39, 0.29) is 11.8 Å².